The molecule has 6 aromatic rings. The highest BCUT2D eigenvalue weighted by Gasteiger charge is 2.46. The monoisotopic (exact) mass is 618 g/mol. The molecule has 4 aliphatic heterocycles. The first kappa shape index (κ1) is 23.1. The van der Waals surface area contributed by atoms with E-state index in [2.05, 4.69) is 39.9 Å². The van der Waals surface area contributed by atoms with Gasteiger partial charge in [-0.25, -0.2) is 69.8 Å². The van der Waals surface area contributed by atoms with Gasteiger partial charge in [0.05, 0.1) is 0 Å². The lowest BCUT2D eigenvalue weighted by Gasteiger charge is -2.23. The lowest BCUT2D eigenvalue weighted by atomic mass is 10.3. The summed E-state index contributed by atoms with van der Waals surface area (Å²) in [5, 5.41) is 0. The summed E-state index contributed by atoms with van der Waals surface area (Å²) in [6, 6.07) is 0. The van der Waals surface area contributed by atoms with Crippen molar-refractivity contribution in [2.24, 2.45) is 30.0 Å². The minimum absolute atomic E-state index is 0.246. The summed E-state index contributed by atoms with van der Waals surface area (Å²) >= 11 is 15.2. The summed E-state index contributed by atoms with van der Waals surface area (Å²) < 4.78 is 3.23. The smallest absolute Gasteiger partial charge is 0.291 e. The highest BCUT2D eigenvalue weighted by molar-refractivity contribution is 7.44. The van der Waals surface area contributed by atoms with Gasteiger partial charge >= 0.3 is 7.02 Å². The molecule has 43 heavy (non-hydrogen) atoms. The fraction of sp³-hybridized carbons (Fsp3) is 0. The molecule has 202 valence electrons. The van der Waals surface area contributed by atoms with Crippen LogP contribution in [0.15, 0.2) is 79.5 Å². The third-order valence-corrected chi connectivity index (χ3v) is 11.1. The number of rotatable bonds is 0. The maximum absolute atomic E-state index is 7.60. The van der Waals surface area contributed by atoms with Gasteiger partial charge in [-0.2, -0.15) is 0 Å². The third kappa shape index (κ3) is 2.89. The first-order chi connectivity index (χ1) is 21.1. The van der Waals surface area contributed by atoms with Gasteiger partial charge in [0, 0.05) is 49.6 Å². The van der Waals surface area contributed by atoms with Crippen LogP contribution in [0.3, 0.4) is 0 Å². The van der Waals surface area contributed by atoms with Crippen molar-refractivity contribution in [3.05, 3.63) is 83.3 Å². The predicted molar refractivity (Wildman–Crippen MR) is 155 cm³/mol. The molecule has 6 aromatic heterocycles. The molecular weight excluding hydrogens is 611 g/mol. The summed E-state index contributed by atoms with van der Waals surface area (Å²) in [5.74, 6) is 1.50. The van der Waals surface area contributed by atoms with Crippen LogP contribution in [-0.2, 0) is 0 Å². The van der Waals surface area contributed by atoms with Crippen LogP contribution >= 0.6 is 22.2 Å². The molecule has 0 saturated carbocycles. The molecule has 0 N–H and O–H groups in total. The maximum atomic E-state index is 7.60. The van der Waals surface area contributed by atoms with E-state index in [-0.39, 0.29) is 46.0 Å². The number of aliphatic imine (C=N–C) groups is 4. The van der Waals surface area contributed by atoms with Crippen molar-refractivity contribution in [3.63, 3.8) is 0 Å². The van der Waals surface area contributed by atoms with Crippen molar-refractivity contribution >= 4 is 86.2 Å². The van der Waals surface area contributed by atoms with Crippen LogP contribution in [0.4, 0.5) is 11.6 Å². The van der Waals surface area contributed by atoms with Gasteiger partial charge in [-0.15, -0.1) is 0 Å². The summed E-state index contributed by atoms with van der Waals surface area (Å²) in [4.78, 5) is 65.6. The molecular formula is C24H8Cl2N16Si. The van der Waals surface area contributed by atoms with Gasteiger partial charge in [0.15, 0.2) is 46.0 Å². The van der Waals surface area contributed by atoms with Crippen LogP contribution in [0.2, 0.25) is 0 Å². The molecule has 0 atom stereocenters. The Labute approximate surface area is 247 Å². The number of hydrogen-bond acceptors (Lipinski definition) is 14. The molecule has 0 amide bonds. The quantitative estimate of drug-likeness (QED) is 0.178. The number of nitrogens with zero attached hydrogens (tertiary/aromatic N) is 16. The molecule has 0 spiro atoms. The third-order valence-electron chi connectivity index (χ3n) is 7.14. The fourth-order valence-corrected chi connectivity index (χ4v) is 9.20. The van der Waals surface area contributed by atoms with Crippen LogP contribution < -0.4 is 11.0 Å². The minimum Gasteiger partial charge on any atom is -0.291 e. The Kier molecular flexibility index (Phi) is 4.21. The van der Waals surface area contributed by atoms with Gasteiger partial charge < -0.3 is 0 Å². The molecule has 0 saturated heterocycles. The van der Waals surface area contributed by atoms with E-state index in [0.717, 1.165) is 0 Å². The van der Waals surface area contributed by atoms with E-state index < -0.39 is 7.02 Å². The summed E-state index contributed by atoms with van der Waals surface area (Å²) in [6.45, 7) is 0. The molecule has 0 aliphatic carbocycles. The van der Waals surface area contributed by atoms with Crippen molar-refractivity contribution in [1.82, 2.24) is 48.3 Å². The first-order valence-corrected chi connectivity index (χ1v) is 16.5. The van der Waals surface area contributed by atoms with Gasteiger partial charge in [0.2, 0.25) is 0 Å². The number of halogens is 2. The Bertz CT molecular complexity index is 2400. The van der Waals surface area contributed by atoms with Gasteiger partial charge in [-0.05, 0) is 0 Å². The zero-order valence-corrected chi connectivity index (χ0v) is 23.5. The average molecular weight is 619 g/mol. The lowest BCUT2D eigenvalue weighted by molar-refractivity contribution is 0.967. The normalized spacial score (nSPS) is 20.8. The van der Waals surface area contributed by atoms with E-state index in [0.29, 0.717) is 44.8 Å². The summed E-state index contributed by atoms with van der Waals surface area (Å²) in [5.41, 5.74) is 3.75. The first-order valence-electron chi connectivity index (χ1n) is 12.6. The van der Waals surface area contributed by atoms with E-state index in [1.165, 1.54) is 0 Å². The highest BCUT2D eigenvalue weighted by atomic mass is 35.7. The largest absolute Gasteiger partial charge is 0.484 e. The lowest BCUT2D eigenvalue weighted by Crippen LogP contribution is -2.51. The second-order valence-corrected chi connectivity index (χ2v) is 15.1. The predicted octanol–water partition coefficient (Wildman–Crippen LogP) is 1.01. The van der Waals surface area contributed by atoms with Crippen LogP contribution in [0.25, 0.3) is 22.1 Å². The van der Waals surface area contributed by atoms with E-state index in [1.807, 2.05) is 0 Å². The minimum atomic E-state index is -4.09. The number of aromatic nitrogens is 10. The second-order valence-electron chi connectivity index (χ2n) is 9.45. The Morgan fingerprint density at radius 3 is 1.16 bits per heavy atom. The Morgan fingerprint density at radius 2 is 0.744 bits per heavy atom. The Morgan fingerprint density at radius 1 is 0.395 bits per heavy atom. The molecule has 0 fully saturated rings. The van der Waals surface area contributed by atoms with E-state index in [1.54, 1.807) is 58.0 Å². The van der Waals surface area contributed by atoms with Crippen LogP contribution in [0.1, 0.15) is 22.8 Å². The fourth-order valence-electron chi connectivity index (χ4n) is 5.43. The Hall–Kier alpha value is -5.52. The number of fused-ring (bicyclic) bond motifs is 14. The topological polar surface area (TPSA) is 187 Å². The van der Waals surface area contributed by atoms with Gasteiger partial charge in [0.25, 0.3) is 0 Å². The number of hydrogen-bond donors (Lipinski definition) is 0. The maximum Gasteiger partial charge on any atom is 0.484 e. The molecule has 10 rings (SSSR count). The zero-order valence-electron chi connectivity index (χ0n) is 21.0. The molecule has 6 bridgehead atoms. The molecule has 0 aromatic carbocycles. The average Bonchev–Trinajstić information content (AvgIpc) is 3.74. The molecule has 0 radical (unpaired) electrons. The van der Waals surface area contributed by atoms with Gasteiger partial charge in [-0.1, -0.05) is 22.2 Å². The van der Waals surface area contributed by atoms with Crippen LogP contribution in [-0.4, -0.2) is 78.7 Å². The SMILES string of the molecule is Cl[Si]1(Cl)n2c3c4nccnc4c2/N=C2N=C(/N=c4/c5nccnc5/c(n41)=N/C1=NC(=N\3)/c3nccnc31)c1nccnc1\2. The van der Waals surface area contributed by atoms with Crippen molar-refractivity contribution in [2.75, 3.05) is 0 Å². The molecule has 0 unspecified atom stereocenters. The van der Waals surface area contributed by atoms with E-state index >= 15 is 0 Å². The van der Waals surface area contributed by atoms with E-state index in [9.17, 15) is 0 Å². The summed E-state index contributed by atoms with van der Waals surface area (Å²) in [6.07, 6.45) is 12.4. The zero-order chi connectivity index (χ0) is 28.4. The van der Waals surface area contributed by atoms with Gasteiger partial charge in [0.1, 0.15) is 44.8 Å². The van der Waals surface area contributed by atoms with E-state index in [4.69, 9.17) is 52.1 Å². The second kappa shape index (κ2) is 7.85. The van der Waals surface area contributed by atoms with Gasteiger partial charge in [-0.3, -0.25) is 8.47 Å². The highest BCUT2D eigenvalue weighted by Crippen LogP contribution is 2.42. The standard InChI is InChI=1S/C24H8Cl2N16Si/c25-43(26)41-21-13-14(32-6-5-31-13)23(41)39-19-11-12(30-4-3-29-11)20(36-19)40-24-16-15(33-7-8-34-16)22(42(24)43)38-18-10-9(17(35-18)37-21)27-1-2-28-10/h1-8H/b37-17-,37-21?,38-18?,38-22-,39-19-,39-23?,40-20?,40-24-. The summed E-state index contributed by atoms with van der Waals surface area (Å²) in [7, 11) is -4.09. The number of amidine groups is 4. The Balaban J connectivity index is 1.53. The molecule has 19 heteroatoms. The van der Waals surface area contributed by atoms with Crippen LogP contribution in [0.5, 0.6) is 0 Å². The van der Waals surface area contributed by atoms with Crippen molar-refractivity contribution in [3.8, 4) is 0 Å². The molecule has 4 aliphatic rings. The molecule has 16 nitrogen and oxygen atoms in total. The van der Waals surface area contributed by atoms with Crippen LogP contribution in [0, 0.1) is 0 Å². The molecule has 10 heterocycles. The van der Waals surface area contributed by atoms with Crippen molar-refractivity contribution in [2.45, 2.75) is 0 Å². The van der Waals surface area contributed by atoms with Crippen molar-refractivity contribution < 1.29 is 0 Å². The van der Waals surface area contributed by atoms with Crippen molar-refractivity contribution in [1.29, 1.82) is 0 Å².